The normalized spacial score (nSPS) is 12.3. The summed E-state index contributed by atoms with van der Waals surface area (Å²) in [5.41, 5.74) is 2.72. The number of nitrogens with one attached hydrogen (secondary N) is 1. The van der Waals surface area contributed by atoms with Gasteiger partial charge in [0.2, 0.25) is 5.91 Å². The molecule has 7 nitrogen and oxygen atoms in total. The van der Waals surface area contributed by atoms with Crippen molar-refractivity contribution >= 4 is 39.9 Å². The molecule has 0 spiro atoms. The number of benzene rings is 3. The van der Waals surface area contributed by atoms with Crippen molar-refractivity contribution in [2.45, 2.75) is 29.2 Å². The quantitative estimate of drug-likeness (QED) is 0.423. The second kappa shape index (κ2) is 9.46. The number of aryl methyl sites for hydroxylation is 1. The third-order valence-electron chi connectivity index (χ3n) is 5.59. The minimum absolute atomic E-state index is 0.105. The molecule has 3 aromatic carbocycles. The largest absolute Gasteiger partial charge is 0.356 e. The zero-order valence-electron chi connectivity index (χ0n) is 18.0. The molecule has 33 heavy (non-hydrogen) atoms. The van der Waals surface area contributed by atoms with E-state index in [1.54, 1.807) is 30.0 Å². The molecule has 0 bridgehead atoms. The van der Waals surface area contributed by atoms with Crippen LogP contribution in [0.3, 0.4) is 0 Å². The highest BCUT2D eigenvalue weighted by atomic mass is 32.2. The van der Waals surface area contributed by atoms with E-state index in [2.05, 4.69) is 69.1 Å². The number of para-hydroxylation sites is 2. The lowest BCUT2D eigenvalue weighted by atomic mass is 10.2. The van der Waals surface area contributed by atoms with Crippen molar-refractivity contribution in [3.8, 4) is 0 Å². The molecule has 4 aromatic rings. The topological polar surface area (TPSA) is 80.1 Å². The van der Waals surface area contributed by atoms with Crippen LogP contribution in [0.2, 0.25) is 0 Å². The highest BCUT2D eigenvalue weighted by Crippen LogP contribution is 2.47. The number of rotatable bonds is 7. The number of hydrogen-bond acceptors (Lipinski definition) is 6. The molecular formula is C25H23N5O2S. The molecule has 0 radical (unpaired) electrons. The van der Waals surface area contributed by atoms with Crippen LogP contribution in [0.5, 0.6) is 0 Å². The van der Waals surface area contributed by atoms with Crippen molar-refractivity contribution in [2.75, 3.05) is 18.0 Å². The van der Waals surface area contributed by atoms with Crippen molar-refractivity contribution < 1.29 is 4.79 Å². The van der Waals surface area contributed by atoms with Crippen molar-refractivity contribution in [3.05, 3.63) is 83.2 Å². The van der Waals surface area contributed by atoms with Crippen LogP contribution in [0.15, 0.2) is 87.4 Å². The molecule has 1 aromatic heterocycles. The van der Waals surface area contributed by atoms with Crippen molar-refractivity contribution in [3.63, 3.8) is 0 Å². The number of nitrogens with zero attached hydrogens (tertiary/aromatic N) is 4. The molecule has 8 heteroatoms. The number of amides is 1. The van der Waals surface area contributed by atoms with Crippen LogP contribution in [0.1, 0.15) is 12.8 Å². The van der Waals surface area contributed by atoms with E-state index in [-0.39, 0.29) is 24.4 Å². The SMILES string of the molecule is O=C(CCn1nnc2ccccc2c1=O)NCCCN1c2ccccc2Sc2ccccc21. The number of aromatic nitrogens is 3. The van der Waals surface area contributed by atoms with Crippen LogP contribution >= 0.6 is 11.8 Å². The molecule has 0 atom stereocenters. The van der Waals surface area contributed by atoms with E-state index in [1.165, 1.54) is 25.8 Å². The van der Waals surface area contributed by atoms with Gasteiger partial charge in [0.05, 0.1) is 23.3 Å². The molecule has 0 saturated heterocycles. The lowest BCUT2D eigenvalue weighted by Gasteiger charge is -2.32. The summed E-state index contributed by atoms with van der Waals surface area (Å²) in [5.74, 6) is -0.105. The third kappa shape index (κ3) is 4.47. The summed E-state index contributed by atoms with van der Waals surface area (Å²) in [6.07, 6.45) is 0.980. The Labute approximate surface area is 195 Å². The summed E-state index contributed by atoms with van der Waals surface area (Å²) in [6, 6.07) is 23.9. The van der Waals surface area contributed by atoms with E-state index in [0.717, 1.165) is 13.0 Å². The highest BCUT2D eigenvalue weighted by molar-refractivity contribution is 7.99. The Bertz CT molecular complexity index is 1320. The lowest BCUT2D eigenvalue weighted by Crippen LogP contribution is -2.31. The molecule has 166 valence electrons. The van der Waals surface area contributed by atoms with E-state index in [0.29, 0.717) is 17.4 Å². The zero-order valence-corrected chi connectivity index (χ0v) is 18.8. The van der Waals surface area contributed by atoms with Gasteiger partial charge in [-0.3, -0.25) is 9.59 Å². The molecule has 0 fully saturated rings. The van der Waals surface area contributed by atoms with Crippen LogP contribution in [0.4, 0.5) is 11.4 Å². The summed E-state index contributed by atoms with van der Waals surface area (Å²) < 4.78 is 1.25. The second-order valence-electron chi connectivity index (χ2n) is 7.78. The van der Waals surface area contributed by atoms with Crippen molar-refractivity contribution in [1.82, 2.24) is 20.3 Å². The van der Waals surface area contributed by atoms with Gasteiger partial charge in [0, 0.05) is 29.3 Å². The van der Waals surface area contributed by atoms with Gasteiger partial charge in [0.25, 0.3) is 5.56 Å². The number of carbonyl (C=O) groups excluding carboxylic acids is 1. The minimum Gasteiger partial charge on any atom is -0.356 e. The fourth-order valence-corrected chi connectivity index (χ4v) is 5.05. The van der Waals surface area contributed by atoms with Crippen LogP contribution in [-0.4, -0.2) is 34.0 Å². The molecule has 0 aliphatic carbocycles. The first-order chi connectivity index (χ1) is 16.2. The number of fused-ring (bicyclic) bond motifs is 3. The van der Waals surface area contributed by atoms with Crippen molar-refractivity contribution in [2.24, 2.45) is 0 Å². The van der Waals surface area contributed by atoms with E-state index in [9.17, 15) is 9.59 Å². The van der Waals surface area contributed by atoms with Gasteiger partial charge >= 0.3 is 0 Å². The molecule has 1 aliphatic rings. The predicted octanol–water partition coefficient (Wildman–Crippen LogP) is 3.99. The van der Waals surface area contributed by atoms with Gasteiger partial charge in [-0.15, -0.1) is 5.10 Å². The van der Waals surface area contributed by atoms with Gasteiger partial charge in [0.15, 0.2) is 0 Å². The molecule has 2 heterocycles. The molecule has 1 aliphatic heterocycles. The van der Waals surface area contributed by atoms with Gasteiger partial charge in [-0.25, -0.2) is 4.68 Å². The van der Waals surface area contributed by atoms with E-state index >= 15 is 0 Å². The number of carbonyl (C=O) groups is 1. The summed E-state index contributed by atoms with van der Waals surface area (Å²) in [5, 5.41) is 11.5. The first kappa shape index (κ1) is 21.2. The first-order valence-corrected chi connectivity index (χ1v) is 11.7. The van der Waals surface area contributed by atoms with Crippen LogP contribution < -0.4 is 15.8 Å². The second-order valence-corrected chi connectivity index (χ2v) is 8.86. The van der Waals surface area contributed by atoms with Gasteiger partial charge < -0.3 is 10.2 Å². The fourth-order valence-electron chi connectivity index (χ4n) is 3.95. The maximum atomic E-state index is 12.5. The Kier molecular flexibility index (Phi) is 6.08. The van der Waals surface area contributed by atoms with Gasteiger partial charge in [-0.2, -0.15) is 0 Å². The Morgan fingerprint density at radius 2 is 1.55 bits per heavy atom. The number of anilines is 2. The Hall–Kier alpha value is -3.65. The molecule has 1 N–H and O–H groups in total. The van der Waals surface area contributed by atoms with E-state index in [4.69, 9.17) is 0 Å². The minimum atomic E-state index is -0.228. The Morgan fingerprint density at radius 1 is 0.879 bits per heavy atom. The Morgan fingerprint density at radius 3 is 2.30 bits per heavy atom. The predicted molar refractivity (Wildman–Crippen MR) is 130 cm³/mol. The maximum absolute atomic E-state index is 12.5. The van der Waals surface area contributed by atoms with Crippen LogP contribution in [0.25, 0.3) is 10.9 Å². The lowest BCUT2D eigenvalue weighted by molar-refractivity contribution is -0.121. The summed E-state index contributed by atoms with van der Waals surface area (Å²) >= 11 is 1.79. The number of hydrogen-bond donors (Lipinski definition) is 1. The average Bonchev–Trinajstić information content (AvgIpc) is 2.85. The van der Waals surface area contributed by atoms with Crippen molar-refractivity contribution in [1.29, 1.82) is 0 Å². The maximum Gasteiger partial charge on any atom is 0.277 e. The van der Waals surface area contributed by atoms with E-state index in [1.807, 2.05) is 6.07 Å². The van der Waals surface area contributed by atoms with Crippen LogP contribution in [0, 0.1) is 0 Å². The zero-order chi connectivity index (χ0) is 22.6. The Balaban J connectivity index is 1.16. The molecule has 5 rings (SSSR count). The third-order valence-corrected chi connectivity index (χ3v) is 6.72. The first-order valence-electron chi connectivity index (χ1n) is 10.9. The molecule has 1 amide bonds. The summed E-state index contributed by atoms with van der Waals surface area (Å²) in [6.45, 7) is 1.56. The molecular weight excluding hydrogens is 434 g/mol. The van der Waals surface area contributed by atoms with E-state index < -0.39 is 0 Å². The van der Waals surface area contributed by atoms with Gasteiger partial charge in [-0.1, -0.05) is 53.4 Å². The smallest absolute Gasteiger partial charge is 0.277 e. The fraction of sp³-hybridized carbons (Fsp3) is 0.200. The molecule has 0 saturated carbocycles. The highest BCUT2D eigenvalue weighted by Gasteiger charge is 2.22. The summed E-state index contributed by atoms with van der Waals surface area (Å²) in [7, 11) is 0. The average molecular weight is 458 g/mol. The monoisotopic (exact) mass is 457 g/mol. The standard InChI is InChI=1S/C25H23N5O2S/c31-24(14-17-30-25(32)18-8-1-2-9-19(18)27-28-30)26-15-7-16-29-20-10-3-5-12-22(20)33-23-13-6-4-11-21(23)29/h1-6,8-13H,7,14-17H2,(H,26,31). The van der Waals surface area contributed by atoms with Crippen LogP contribution in [-0.2, 0) is 11.3 Å². The van der Waals surface area contributed by atoms with Gasteiger partial charge in [-0.05, 0) is 42.8 Å². The summed E-state index contributed by atoms with van der Waals surface area (Å²) in [4.78, 5) is 29.6. The molecule has 0 unspecified atom stereocenters. The van der Waals surface area contributed by atoms with Gasteiger partial charge in [0.1, 0.15) is 5.52 Å².